The summed E-state index contributed by atoms with van der Waals surface area (Å²) in [7, 11) is 0. The van der Waals surface area contributed by atoms with E-state index in [4.69, 9.17) is 4.98 Å². The van der Waals surface area contributed by atoms with Crippen LogP contribution < -0.4 is 0 Å². The first-order valence-corrected chi connectivity index (χ1v) is 10.7. The van der Waals surface area contributed by atoms with Gasteiger partial charge >= 0.3 is 0 Å². The molecule has 1 atom stereocenters. The molecule has 0 fully saturated rings. The van der Waals surface area contributed by atoms with Gasteiger partial charge in [0.15, 0.2) is 0 Å². The second-order valence-corrected chi connectivity index (χ2v) is 8.30. The fraction of sp³-hybridized carbons (Fsp3) is 0.0741. The highest BCUT2D eigenvalue weighted by molar-refractivity contribution is 9.10. The third kappa shape index (κ3) is 3.81. The Morgan fingerprint density at radius 2 is 1.62 bits per heavy atom. The number of rotatable bonds is 3. The van der Waals surface area contributed by atoms with Crippen LogP contribution in [0.25, 0.3) is 27.6 Å². The summed E-state index contributed by atoms with van der Waals surface area (Å²) in [4.78, 5) is 4.99. The molecule has 5 rings (SSSR count). The fourth-order valence-corrected chi connectivity index (χ4v) is 4.31. The lowest BCUT2D eigenvalue weighted by Gasteiger charge is -2.17. The first-order chi connectivity index (χ1) is 14.3. The van der Waals surface area contributed by atoms with Crippen LogP contribution in [0, 0.1) is 0 Å². The van der Waals surface area contributed by atoms with Crippen molar-refractivity contribution in [1.82, 2.24) is 4.98 Å². The molecule has 3 aromatic carbocycles. The van der Waals surface area contributed by atoms with Crippen LogP contribution in [0.15, 0.2) is 108 Å². The van der Waals surface area contributed by atoms with Crippen LogP contribution in [0.5, 0.6) is 0 Å². The van der Waals surface area contributed by atoms with Crippen LogP contribution in [0.4, 0.5) is 0 Å². The molecule has 4 aromatic rings. The Morgan fingerprint density at radius 3 is 2.48 bits per heavy atom. The predicted molar refractivity (Wildman–Crippen MR) is 126 cm³/mol. The van der Waals surface area contributed by atoms with Crippen molar-refractivity contribution in [1.29, 1.82) is 0 Å². The van der Waals surface area contributed by atoms with E-state index >= 15 is 0 Å². The largest absolute Gasteiger partial charge is 0.252 e. The molecule has 0 N–H and O–H groups in total. The molecule has 1 unspecified atom stereocenters. The molecule has 0 saturated carbocycles. The van der Waals surface area contributed by atoms with Gasteiger partial charge in [0.1, 0.15) is 0 Å². The summed E-state index contributed by atoms with van der Waals surface area (Å²) in [5, 5.41) is 1.18. The molecule has 1 nitrogen and oxygen atoms in total. The molecule has 1 aromatic heterocycles. The van der Waals surface area contributed by atoms with Gasteiger partial charge in [0, 0.05) is 21.5 Å². The van der Waals surface area contributed by atoms with Crippen LogP contribution in [0.2, 0.25) is 0 Å². The van der Waals surface area contributed by atoms with E-state index in [1.807, 2.05) is 6.07 Å². The van der Waals surface area contributed by atoms with Gasteiger partial charge in [-0.05, 0) is 59.0 Å². The predicted octanol–water partition coefficient (Wildman–Crippen LogP) is 7.79. The first-order valence-electron chi connectivity index (χ1n) is 9.87. The summed E-state index contributed by atoms with van der Waals surface area (Å²) in [5.41, 5.74) is 7.12. The molecule has 140 valence electrons. The molecule has 1 heterocycles. The van der Waals surface area contributed by atoms with Crippen LogP contribution >= 0.6 is 15.9 Å². The van der Waals surface area contributed by atoms with Crippen molar-refractivity contribution in [2.45, 2.75) is 12.3 Å². The number of nitrogens with zero attached hydrogens (tertiary/aromatic N) is 1. The normalized spacial score (nSPS) is 16.0. The lowest BCUT2D eigenvalue weighted by atomic mass is 9.89. The number of halogens is 1. The fourth-order valence-electron chi connectivity index (χ4n) is 3.91. The lowest BCUT2D eigenvalue weighted by molar-refractivity contribution is 0.825. The minimum atomic E-state index is 0.298. The van der Waals surface area contributed by atoms with E-state index < -0.39 is 0 Å². The third-order valence-electron chi connectivity index (χ3n) is 5.42. The molecule has 0 radical (unpaired) electrons. The molecule has 0 bridgehead atoms. The van der Waals surface area contributed by atoms with E-state index in [1.54, 1.807) is 0 Å². The summed E-state index contributed by atoms with van der Waals surface area (Å²) in [6.07, 6.45) is 7.79. The Kier molecular flexibility index (Phi) is 4.87. The minimum Gasteiger partial charge on any atom is -0.252 e. The quantitative estimate of drug-likeness (QED) is 0.318. The van der Waals surface area contributed by atoms with Crippen molar-refractivity contribution in [2.75, 3.05) is 0 Å². The molecule has 0 amide bonds. The molecule has 1 aliphatic rings. The summed E-state index contributed by atoms with van der Waals surface area (Å²) >= 11 is 3.57. The number of hydrogen-bond acceptors (Lipinski definition) is 1. The Bertz CT molecular complexity index is 1240. The van der Waals surface area contributed by atoms with Crippen molar-refractivity contribution in [3.63, 3.8) is 0 Å². The molecule has 29 heavy (non-hydrogen) atoms. The van der Waals surface area contributed by atoms with E-state index in [0.717, 1.165) is 22.1 Å². The molecule has 0 saturated heterocycles. The molecule has 2 heteroatoms. The second-order valence-electron chi connectivity index (χ2n) is 7.39. The zero-order valence-electron chi connectivity index (χ0n) is 15.9. The van der Waals surface area contributed by atoms with E-state index in [9.17, 15) is 0 Å². The van der Waals surface area contributed by atoms with E-state index in [-0.39, 0.29) is 0 Å². The van der Waals surface area contributed by atoms with Gasteiger partial charge in [0.05, 0.1) is 5.52 Å². The average molecular weight is 438 g/mol. The van der Waals surface area contributed by atoms with Gasteiger partial charge in [-0.1, -0.05) is 88.8 Å². The molecule has 1 aliphatic carbocycles. The topological polar surface area (TPSA) is 12.9 Å². The summed E-state index contributed by atoms with van der Waals surface area (Å²) in [5.74, 6) is 0.298. The first kappa shape index (κ1) is 18.1. The smallest absolute Gasteiger partial charge is 0.0705 e. The van der Waals surface area contributed by atoms with E-state index in [1.165, 1.54) is 27.6 Å². The zero-order chi connectivity index (χ0) is 19.6. The molecule has 0 aliphatic heterocycles. The van der Waals surface area contributed by atoms with Crippen molar-refractivity contribution in [3.8, 4) is 11.1 Å². The number of allylic oxidation sites excluding steroid dienone is 4. The summed E-state index contributed by atoms with van der Waals surface area (Å²) in [6, 6.07) is 29.9. The standard InChI is InChI=1S/C27H20BrN/c28-25-11-5-9-21(18-25)20-8-4-10-23(16-20)26-15-13-24-17-22(12-14-27(24)29-26)19-6-2-1-3-7-19/h1-9,11-18,23H,10H2. The average Bonchev–Trinajstić information content (AvgIpc) is 2.79. The van der Waals surface area contributed by atoms with Gasteiger partial charge in [-0.3, -0.25) is 4.98 Å². The third-order valence-corrected chi connectivity index (χ3v) is 5.92. The van der Waals surface area contributed by atoms with Crippen molar-refractivity contribution < 1.29 is 0 Å². The van der Waals surface area contributed by atoms with Crippen molar-refractivity contribution in [3.05, 3.63) is 119 Å². The highest BCUT2D eigenvalue weighted by atomic mass is 79.9. The van der Waals surface area contributed by atoms with Crippen LogP contribution in [-0.2, 0) is 0 Å². The van der Waals surface area contributed by atoms with Gasteiger partial charge < -0.3 is 0 Å². The Morgan fingerprint density at radius 1 is 0.759 bits per heavy atom. The maximum atomic E-state index is 4.99. The van der Waals surface area contributed by atoms with Crippen molar-refractivity contribution >= 4 is 32.4 Å². The maximum Gasteiger partial charge on any atom is 0.0705 e. The highest BCUT2D eigenvalue weighted by Gasteiger charge is 2.15. The number of aromatic nitrogens is 1. The van der Waals surface area contributed by atoms with Gasteiger partial charge in [-0.15, -0.1) is 0 Å². The summed E-state index contributed by atoms with van der Waals surface area (Å²) < 4.78 is 1.10. The lowest BCUT2D eigenvalue weighted by Crippen LogP contribution is -2.02. The summed E-state index contributed by atoms with van der Waals surface area (Å²) in [6.45, 7) is 0. The van der Waals surface area contributed by atoms with Crippen LogP contribution in [0.1, 0.15) is 23.6 Å². The number of hydrogen-bond donors (Lipinski definition) is 0. The molecular formula is C27H20BrN. The van der Waals surface area contributed by atoms with Gasteiger partial charge in [-0.2, -0.15) is 0 Å². The Hall–Kier alpha value is -2.97. The molecule has 0 spiro atoms. The Balaban J connectivity index is 1.48. The van der Waals surface area contributed by atoms with Crippen LogP contribution in [-0.4, -0.2) is 4.98 Å². The van der Waals surface area contributed by atoms with Gasteiger partial charge in [-0.25, -0.2) is 0 Å². The highest BCUT2D eigenvalue weighted by Crippen LogP contribution is 2.32. The van der Waals surface area contributed by atoms with E-state index in [0.29, 0.717) is 5.92 Å². The number of fused-ring (bicyclic) bond motifs is 1. The number of pyridine rings is 1. The SMILES string of the molecule is Brc1cccc(C2=CC(c3ccc4cc(-c5ccccc5)ccc4n3)CC=C2)c1. The Labute approximate surface area is 179 Å². The van der Waals surface area contributed by atoms with E-state index in [2.05, 4.69) is 113 Å². The number of benzene rings is 3. The monoisotopic (exact) mass is 437 g/mol. The maximum absolute atomic E-state index is 4.99. The van der Waals surface area contributed by atoms with Crippen LogP contribution in [0.3, 0.4) is 0 Å². The second kappa shape index (κ2) is 7.81. The molecular weight excluding hydrogens is 418 g/mol. The van der Waals surface area contributed by atoms with Crippen molar-refractivity contribution in [2.24, 2.45) is 0 Å². The van der Waals surface area contributed by atoms with Gasteiger partial charge in [0.2, 0.25) is 0 Å². The van der Waals surface area contributed by atoms with Gasteiger partial charge in [0.25, 0.3) is 0 Å². The minimum absolute atomic E-state index is 0.298. The zero-order valence-corrected chi connectivity index (χ0v) is 17.5.